The minimum atomic E-state index is 0.330. The van der Waals surface area contributed by atoms with Crippen molar-refractivity contribution < 1.29 is 4.79 Å². The van der Waals surface area contributed by atoms with Gasteiger partial charge in [0, 0.05) is 12.3 Å². The Morgan fingerprint density at radius 1 is 1.40 bits per heavy atom. The van der Waals surface area contributed by atoms with Gasteiger partial charge in [-0.3, -0.25) is 4.79 Å². The first-order valence-electron chi connectivity index (χ1n) is 6.30. The molecule has 1 fully saturated rings. The van der Waals surface area contributed by atoms with Gasteiger partial charge in [-0.25, -0.2) is 0 Å². The fourth-order valence-electron chi connectivity index (χ4n) is 3.60. The number of ketones is 1. The van der Waals surface area contributed by atoms with Crippen molar-refractivity contribution in [3.8, 4) is 0 Å². The molecule has 0 aromatic carbocycles. The van der Waals surface area contributed by atoms with Gasteiger partial charge in [0.25, 0.3) is 0 Å². The SMILES string of the molecule is CC(C)[C@H]1CCC(=O)[C@@H]2[C@H]1CC=C[C@@H]2C. The fraction of sp³-hybridized carbons (Fsp3) is 0.786. The van der Waals surface area contributed by atoms with Gasteiger partial charge >= 0.3 is 0 Å². The van der Waals surface area contributed by atoms with E-state index in [0.29, 0.717) is 23.5 Å². The third-order valence-electron chi connectivity index (χ3n) is 4.38. The summed E-state index contributed by atoms with van der Waals surface area (Å²) in [6.07, 6.45) is 7.60. The fourth-order valence-corrected chi connectivity index (χ4v) is 3.60. The first-order chi connectivity index (χ1) is 7.11. The zero-order valence-corrected chi connectivity index (χ0v) is 10.1. The van der Waals surface area contributed by atoms with E-state index < -0.39 is 0 Å². The average Bonchev–Trinajstić information content (AvgIpc) is 2.17. The van der Waals surface area contributed by atoms with E-state index in [-0.39, 0.29) is 0 Å². The Labute approximate surface area is 92.9 Å². The number of fused-ring (bicyclic) bond motifs is 1. The van der Waals surface area contributed by atoms with Crippen molar-refractivity contribution in [2.24, 2.45) is 29.6 Å². The van der Waals surface area contributed by atoms with Crippen molar-refractivity contribution in [1.29, 1.82) is 0 Å². The number of hydrogen-bond acceptors (Lipinski definition) is 1. The quantitative estimate of drug-likeness (QED) is 0.601. The van der Waals surface area contributed by atoms with Crippen LogP contribution in [0.3, 0.4) is 0 Å². The van der Waals surface area contributed by atoms with E-state index in [2.05, 4.69) is 32.9 Å². The van der Waals surface area contributed by atoms with Crippen LogP contribution >= 0.6 is 0 Å². The lowest BCUT2D eigenvalue weighted by molar-refractivity contribution is -0.131. The molecule has 0 spiro atoms. The van der Waals surface area contributed by atoms with Crippen LogP contribution in [0.1, 0.15) is 40.0 Å². The summed E-state index contributed by atoms with van der Waals surface area (Å²) in [5.41, 5.74) is 0. The minimum Gasteiger partial charge on any atom is -0.299 e. The Morgan fingerprint density at radius 2 is 2.13 bits per heavy atom. The Hall–Kier alpha value is -0.590. The molecule has 4 atom stereocenters. The molecule has 0 amide bonds. The van der Waals surface area contributed by atoms with Crippen LogP contribution in [0.15, 0.2) is 12.2 Å². The Bertz CT molecular complexity index is 277. The zero-order chi connectivity index (χ0) is 11.0. The predicted octanol–water partition coefficient (Wildman–Crippen LogP) is 3.45. The second-order valence-corrected chi connectivity index (χ2v) is 5.63. The van der Waals surface area contributed by atoms with Gasteiger partial charge in [-0.2, -0.15) is 0 Å². The molecule has 0 unspecified atom stereocenters. The van der Waals surface area contributed by atoms with Crippen molar-refractivity contribution in [3.63, 3.8) is 0 Å². The molecule has 1 heteroatoms. The van der Waals surface area contributed by atoms with Crippen molar-refractivity contribution >= 4 is 5.78 Å². The standard InChI is InChI=1S/C14H22O/c1-9(2)11-7-8-13(15)14-10(3)5-4-6-12(11)14/h4-5,9-12,14H,6-8H2,1-3H3/t10-,11+,12-,14-/m0/s1. The number of Topliss-reactive ketones (excluding diaryl/α,β-unsaturated/α-hetero) is 1. The van der Waals surface area contributed by atoms with Gasteiger partial charge in [0.1, 0.15) is 5.78 Å². The van der Waals surface area contributed by atoms with Crippen molar-refractivity contribution in [2.45, 2.75) is 40.0 Å². The van der Waals surface area contributed by atoms with Gasteiger partial charge in [0.05, 0.1) is 0 Å². The average molecular weight is 206 g/mol. The normalized spacial score (nSPS) is 40.7. The molecule has 15 heavy (non-hydrogen) atoms. The predicted molar refractivity (Wildman–Crippen MR) is 62.5 cm³/mol. The molecule has 2 aliphatic carbocycles. The summed E-state index contributed by atoms with van der Waals surface area (Å²) in [7, 11) is 0. The number of rotatable bonds is 1. The van der Waals surface area contributed by atoms with E-state index in [1.165, 1.54) is 0 Å². The summed E-state index contributed by atoms with van der Waals surface area (Å²) in [4.78, 5) is 12.0. The summed E-state index contributed by atoms with van der Waals surface area (Å²) in [6.45, 7) is 6.81. The van der Waals surface area contributed by atoms with Gasteiger partial charge in [-0.15, -0.1) is 0 Å². The summed E-state index contributed by atoms with van der Waals surface area (Å²) >= 11 is 0. The van der Waals surface area contributed by atoms with Crippen molar-refractivity contribution in [3.05, 3.63) is 12.2 Å². The van der Waals surface area contributed by atoms with Crippen LogP contribution < -0.4 is 0 Å². The molecule has 0 N–H and O–H groups in total. The number of carbonyl (C=O) groups excluding carboxylic acids is 1. The van der Waals surface area contributed by atoms with E-state index in [4.69, 9.17) is 0 Å². The zero-order valence-electron chi connectivity index (χ0n) is 10.1. The molecule has 0 bridgehead atoms. The molecule has 0 aromatic rings. The summed E-state index contributed by atoms with van der Waals surface area (Å²) in [5.74, 6) is 3.44. The van der Waals surface area contributed by atoms with Gasteiger partial charge in [0.2, 0.25) is 0 Å². The third-order valence-corrected chi connectivity index (χ3v) is 4.38. The molecule has 2 rings (SSSR count). The minimum absolute atomic E-state index is 0.330. The first kappa shape index (κ1) is 10.9. The van der Waals surface area contributed by atoms with Gasteiger partial charge in [0.15, 0.2) is 0 Å². The number of carbonyl (C=O) groups is 1. The lowest BCUT2D eigenvalue weighted by atomic mass is 9.61. The lowest BCUT2D eigenvalue weighted by Crippen LogP contribution is -2.41. The van der Waals surface area contributed by atoms with Crippen LogP contribution in [-0.2, 0) is 4.79 Å². The summed E-state index contributed by atoms with van der Waals surface area (Å²) in [5, 5.41) is 0. The molecule has 1 saturated carbocycles. The van der Waals surface area contributed by atoms with Gasteiger partial charge < -0.3 is 0 Å². The molecule has 0 heterocycles. The van der Waals surface area contributed by atoms with Crippen LogP contribution in [-0.4, -0.2) is 5.78 Å². The van der Waals surface area contributed by atoms with E-state index in [1.807, 2.05) is 0 Å². The van der Waals surface area contributed by atoms with E-state index in [1.54, 1.807) is 0 Å². The summed E-state index contributed by atoms with van der Waals surface area (Å²) < 4.78 is 0. The highest BCUT2D eigenvalue weighted by Crippen LogP contribution is 2.44. The second kappa shape index (κ2) is 4.11. The molecule has 0 aliphatic heterocycles. The molecule has 1 nitrogen and oxygen atoms in total. The van der Waals surface area contributed by atoms with Gasteiger partial charge in [-0.1, -0.05) is 32.9 Å². The highest BCUT2D eigenvalue weighted by molar-refractivity contribution is 5.82. The maximum absolute atomic E-state index is 12.0. The second-order valence-electron chi connectivity index (χ2n) is 5.63. The largest absolute Gasteiger partial charge is 0.299 e. The highest BCUT2D eigenvalue weighted by atomic mass is 16.1. The highest BCUT2D eigenvalue weighted by Gasteiger charge is 2.42. The monoisotopic (exact) mass is 206 g/mol. The Kier molecular flexibility index (Phi) is 2.99. The molecule has 84 valence electrons. The van der Waals surface area contributed by atoms with Gasteiger partial charge in [-0.05, 0) is 36.5 Å². The van der Waals surface area contributed by atoms with Crippen molar-refractivity contribution in [1.82, 2.24) is 0 Å². The molecule has 0 radical (unpaired) electrons. The van der Waals surface area contributed by atoms with E-state index >= 15 is 0 Å². The molecular formula is C14H22O. The first-order valence-corrected chi connectivity index (χ1v) is 6.30. The van der Waals surface area contributed by atoms with E-state index in [9.17, 15) is 4.79 Å². The maximum atomic E-state index is 12.0. The maximum Gasteiger partial charge on any atom is 0.136 e. The third kappa shape index (κ3) is 1.89. The Morgan fingerprint density at radius 3 is 2.80 bits per heavy atom. The molecule has 2 aliphatic rings. The Balaban J connectivity index is 2.23. The molecule has 0 aromatic heterocycles. The smallest absolute Gasteiger partial charge is 0.136 e. The van der Waals surface area contributed by atoms with Crippen LogP contribution in [0.2, 0.25) is 0 Å². The number of hydrogen-bond donors (Lipinski definition) is 0. The van der Waals surface area contributed by atoms with Crippen molar-refractivity contribution in [2.75, 3.05) is 0 Å². The van der Waals surface area contributed by atoms with Crippen LogP contribution in [0, 0.1) is 29.6 Å². The van der Waals surface area contributed by atoms with E-state index in [0.717, 1.165) is 31.1 Å². The number of allylic oxidation sites excluding steroid dienone is 2. The van der Waals surface area contributed by atoms with Crippen LogP contribution in [0.25, 0.3) is 0 Å². The van der Waals surface area contributed by atoms with Crippen LogP contribution in [0.4, 0.5) is 0 Å². The van der Waals surface area contributed by atoms with Crippen LogP contribution in [0.5, 0.6) is 0 Å². The molecule has 0 saturated heterocycles. The lowest BCUT2D eigenvalue weighted by Gasteiger charge is -2.43. The topological polar surface area (TPSA) is 17.1 Å². The molecular weight excluding hydrogens is 184 g/mol. The summed E-state index contributed by atoms with van der Waals surface area (Å²) in [6, 6.07) is 0.